The van der Waals surface area contributed by atoms with Gasteiger partial charge in [-0.15, -0.1) is 0 Å². The van der Waals surface area contributed by atoms with Crippen LogP contribution >= 0.6 is 0 Å². The van der Waals surface area contributed by atoms with E-state index in [0.717, 1.165) is 0 Å². The van der Waals surface area contributed by atoms with E-state index in [1.807, 2.05) is 0 Å². The monoisotopic (exact) mass is 227 g/mol. The summed E-state index contributed by atoms with van der Waals surface area (Å²) in [5, 5.41) is 7.73. The third kappa shape index (κ3) is 3.54. The van der Waals surface area contributed by atoms with Gasteiger partial charge in [-0.3, -0.25) is 9.00 Å². The first-order chi connectivity index (χ1) is 7.15. The summed E-state index contributed by atoms with van der Waals surface area (Å²) >= 11 is -2.42. The Morgan fingerprint density at radius 3 is 2.47 bits per heavy atom. The molecule has 0 saturated heterocycles. The Morgan fingerprint density at radius 1 is 1.40 bits per heavy atom. The summed E-state index contributed by atoms with van der Waals surface area (Å²) in [6.07, 6.45) is -0.184. The van der Waals surface area contributed by atoms with Gasteiger partial charge in [-0.05, 0) is 11.1 Å². The van der Waals surface area contributed by atoms with Gasteiger partial charge in [0.1, 0.15) is 0 Å². The molecule has 0 aliphatic rings. The molecule has 0 bridgehead atoms. The van der Waals surface area contributed by atoms with Gasteiger partial charge in [0.25, 0.3) is 0 Å². The van der Waals surface area contributed by atoms with Gasteiger partial charge in [0, 0.05) is 12.0 Å². The van der Waals surface area contributed by atoms with Gasteiger partial charge in [0.15, 0.2) is 5.78 Å². The lowest BCUT2D eigenvalue weighted by Gasteiger charge is -2.15. The first-order valence-electron chi connectivity index (χ1n) is 4.42. The molecular weight excluding hydrogens is 216 g/mol. The molecule has 15 heavy (non-hydrogen) atoms. The maximum atomic E-state index is 11.5. The number of benzene rings is 1. The predicted octanol–water partition coefficient (Wildman–Crippen LogP) is 0.499. The Kier molecular flexibility index (Phi) is 4.61. The fourth-order valence-electron chi connectivity index (χ4n) is 1.14. The van der Waals surface area contributed by atoms with E-state index in [4.69, 9.17) is 5.11 Å². The van der Waals surface area contributed by atoms with Crippen molar-refractivity contribution in [3.63, 3.8) is 0 Å². The highest BCUT2D eigenvalue weighted by molar-refractivity contribution is 7.79. The second kappa shape index (κ2) is 5.75. The Hall–Kier alpha value is -1.04. The number of ketones is 1. The number of carbonyl (C=O) groups is 1. The van der Waals surface area contributed by atoms with Crippen LogP contribution in [0.3, 0.4) is 0 Å². The summed E-state index contributed by atoms with van der Waals surface area (Å²) in [6.45, 7) is -0.533. The normalized spacial score (nSPS) is 14.5. The lowest BCUT2D eigenvalue weighted by atomic mass is 10.1. The largest absolute Gasteiger partial charge is 0.772 e. The van der Waals surface area contributed by atoms with Gasteiger partial charge in [-0.25, -0.2) is 0 Å². The van der Waals surface area contributed by atoms with Crippen LogP contribution in [0.15, 0.2) is 30.3 Å². The van der Waals surface area contributed by atoms with Crippen LogP contribution in [0.5, 0.6) is 0 Å². The van der Waals surface area contributed by atoms with Crippen LogP contribution in [0, 0.1) is 0 Å². The summed E-state index contributed by atoms with van der Waals surface area (Å²) < 4.78 is 21.2. The molecular formula is C10H11O4S-. The van der Waals surface area contributed by atoms with Crippen molar-refractivity contribution in [1.29, 1.82) is 0 Å². The lowest BCUT2D eigenvalue weighted by molar-refractivity contribution is 0.0972. The quantitative estimate of drug-likeness (QED) is 0.587. The zero-order valence-corrected chi connectivity index (χ0v) is 8.78. The molecule has 1 rings (SSSR count). The highest BCUT2D eigenvalue weighted by atomic mass is 32.2. The van der Waals surface area contributed by atoms with Crippen LogP contribution in [0.1, 0.15) is 16.8 Å². The zero-order chi connectivity index (χ0) is 11.3. The standard InChI is InChI=1S/C10H12O4S/c11-7-9(15(13)14)6-10(12)8-4-2-1-3-5-8/h1-5,9,11H,6-7H2,(H,13,14)/p-1. The third-order valence-corrected chi connectivity index (χ3v) is 2.84. The maximum absolute atomic E-state index is 11.5. The number of rotatable bonds is 5. The molecule has 0 amide bonds. The van der Waals surface area contributed by atoms with E-state index in [-0.39, 0.29) is 12.2 Å². The molecule has 0 saturated carbocycles. The molecule has 0 spiro atoms. The first-order valence-corrected chi connectivity index (χ1v) is 5.56. The number of aliphatic hydroxyl groups is 1. The van der Waals surface area contributed by atoms with Crippen LogP contribution in [0.25, 0.3) is 0 Å². The number of carbonyl (C=O) groups excluding carboxylic acids is 1. The Balaban J connectivity index is 2.67. The van der Waals surface area contributed by atoms with Crippen molar-refractivity contribution >= 4 is 16.9 Å². The highest BCUT2D eigenvalue weighted by Gasteiger charge is 2.14. The second-order valence-electron chi connectivity index (χ2n) is 3.06. The van der Waals surface area contributed by atoms with E-state index in [2.05, 4.69) is 0 Å². The number of Topliss-reactive ketones (excluding diaryl/α,β-unsaturated/α-hetero) is 1. The minimum Gasteiger partial charge on any atom is -0.772 e. The molecule has 1 aromatic rings. The van der Waals surface area contributed by atoms with Crippen molar-refractivity contribution < 1.29 is 18.7 Å². The van der Waals surface area contributed by atoms with Crippen molar-refractivity contribution in [3.8, 4) is 0 Å². The molecule has 5 heteroatoms. The van der Waals surface area contributed by atoms with Crippen LogP contribution < -0.4 is 0 Å². The van der Waals surface area contributed by atoms with Gasteiger partial charge in [-0.1, -0.05) is 30.3 Å². The number of aliphatic hydroxyl groups excluding tert-OH is 1. The number of hydrogen-bond donors (Lipinski definition) is 1. The molecule has 0 fully saturated rings. The summed E-state index contributed by atoms with van der Waals surface area (Å²) in [6, 6.07) is 8.41. The number of hydrogen-bond acceptors (Lipinski definition) is 4. The Labute approximate surface area is 90.2 Å². The molecule has 82 valence electrons. The van der Waals surface area contributed by atoms with E-state index >= 15 is 0 Å². The average molecular weight is 227 g/mol. The minimum atomic E-state index is -2.42. The molecule has 0 radical (unpaired) electrons. The summed E-state index contributed by atoms with van der Waals surface area (Å²) in [5.41, 5.74) is 0.460. The molecule has 0 heterocycles. The van der Waals surface area contributed by atoms with Crippen molar-refractivity contribution in [2.45, 2.75) is 11.7 Å². The molecule has 1 aromatic carbocycles. The fraction of sp³-hybridized carbons (Fsp3) is 0.300. The second-order valence-corrected chi connectivity index (χ2v) is 4.25. The third-order valence-electron chi connectivity index (χ3n) is 1.98. The fourth-order valence-corrected chi connectivity index (χ4v) is 1.55. The molecule has 2 unspecified atom stereocenters. The summed E-state index contributed by atoms with van der Waals surface area (Å²) in [5.74, 6) is -0.279. The van der Waals surface area contributed by atoms with E-state index in [1.54, 1.807) is 30.3 Å². The molecule has 0 aromatic heterocycles. The van der Waals surface area contributed by atoms with Crippen LogP contribution in [-0.2, 0) is 11.1 Å². The van der Waals surface area contributed by atoms with Crippen LogP contribution in [-0.4, -0.2) is 31.5 Å². The lowest BCUT2D eigenvalue weighted by Crippen LogP contribution is -2.23. The van der Waals surface area contributed by atoms with E-state index in [1.165, 1.54) is 0 Å². The van der Waals surface area contributed by atoms with E-state index in [9.17, 15) is 13.6 Å². The minimum absolute atomic E-state index is 0.184. The highest BCUT2D eigenvalue weighted by Crippen LogP contribution is 2.08. The van der Waals surface area contributed by atoms with E-state index in [0.29, 0.717) is 5.56 Å². The molecule has 2 atom stereocenters. The van der Waals surface area contributed by atoms with Gasteiger partial charge in [0.05, 0.1) is 11.9 Å². The summed E-state index contributed by atoms with van der Waals surface area (Å²) in [4.78, 5) is 11.5. The van der Waals surface area contributed by atoms with Gasteiger partial charge in [0.2, 0.25) is 0 Å². The molecule has 4 nitrogen and oxygen atoms in total. The Bertz CT molecular complexity index is 350. The average Bonchev–Trinajstić information content (AvgIpc) is 2.26. The van der Waals surface area contributed by atoms with Gasteiger partial charge >= 0.3 is 0 Å². The van der Waals surface area contributed by atoms with Crippen molar-refractivity contribution in [2.75, 3.05) is 6.61 Å². The zero-order valence-electron chi connectivity index (χ0n) is 7.96. The van der Waals surface area contributed by atoms with Crippen molar-refractivity contribution in [1.82, 2.24) is 0 Å². The SMILES string of the molecule is O=C(CC(CO)S(=O)[O-])c1ccccc1. The molecule has 1 N–H and O–H groups in total. The van der Waals surface area contributed by atoms with Gasteiger partial charge < -0.3 is 9.66 Å². The topological polar surface area (TPSA) is 77.4 Å². The Morgan fingerprint density at radius 2 is 2.00 bits per heavy atom. The van der Waals surface area contributed by atoms with Crippen LogP contribution in [0.4, 0.5) is 0 Å². The summed E-state index contributed by atoms with van der Waals surface area (Å²) in [7, 11) is 0. The predicted molar refractivity (Wildman–Crippen MR) is 55.2 cm³/mol. The van der Waals surface area contributed by atoms with Crippen molar-refractivity contribution in [2.24, 2.45) is 0 Å². The molecule has 0 aliphatic carbocycles. The van der Waals surface area contributed by atoms with Crippen LogP contribution in [0.2, 0.25) is 0 Å². The smallest absolute Gasteiger partial charge is 0.164 e. The molecule has 0 aliphatic heterocycles. The van der Waals surface area contributed by atoms with Gasteiger partial charge in [-0.2, -0.15) is 0 Å². The maximum Gasteiger partial charge on any atom is 0.164 e. The van der Waals surface area contributed by atoms with Crippen molar-refractivity contribution in [3.05, 3.63) is 35.9 Å². The van der Waals surface area contributed by atoms with E-state index < -0.39 is 22.9 Å². The first kappa shape index (κ1) is 12.0.